The molecule has 1 aromatic carbocycles. The average molecular weight is 409 g/mol. The number of hydrogen-bond acceptors (Lipinski definition) is 4. The molecule has 0 unspecified atom stereocenters. The molecule has 0 saturated heterocycles. The standard InChI is InChI=1S/C19H16ClF3N4O/c1-11(2)12-4-3-5-14(8-12)26-15-10-25-27(18(28)17(15)20)16-7-6-13(9-24-16)19(21,22)23/h3-11,26H,1-2H3. The van der Waals surface area contributed by atoms with Crippen LogP contribution < -0.4 is 10.9 Å². The molecule has 0 fully saturated rings. The van der Waals surface area contributed by atoms with E-state index in [1.54, 1.807) is 0 Å². The van der Waals surface area contributed by atoms with E-state index in [2.05, 4.69) is 29.2 Å². The van der Waals surface area contributed by atoms with Crippen molar-refractivity contribution < 1.29 is 13.2 Å². The Morgan fingerprint density at radius 3 is 2.50 bits per heavy atom. The second kappa shape index (κ2) is 7.63. The number of halogens is 4. The summed E-state index contributed by atoms with van der Waals surface area (Å²) >= 11 is 6.16. The van der Waals surface area contributed by atoms with Crippen LogP contribution in [0.1, 0.15) is 30.9 Å². The summed E-state index contributed by atoms with van der Waals surface area (Å²) in [6.07, 6.45) is -2.55. The highest BCUT2D eigenvalue weighted by atomic mass is 35.5. The summed E-state index contributed by atoms with van der Waals surface area (Å²) in [6.45, 7) is 4.12. The number of benzene rings is 1. The smallest absolute Gasteiger partial charge is 0.353 e. The molecule has 0 saturated carbocycles. The monoisotopic (exact) mass is 408 g/mol. The van der Waals surface area contributed by atoms with Crippen molar-refractivity contribution in [2.75, 3.05) is 5.32 Å². The zero-order valence-electron chi connectivity index (χ0n) is 15.0. The number of anilines is 2. The van der Waals surface area contributed by atoms with Gasteiger partial charge in [-0.05, 0) is 35.7 Å². The Bertz CT molecular complexity index is 1050. The molecular formula is C19H16ClF3N4O. The fourth-order valence-electron chi connectivity index (χ4n) is 2.49. The SMILES string of the molecule is CC(C)c1cccc(Nc2cnn(-c3ccc(C(F)(F)F)cn3)c(=O)c2Cl)c1. The highest BCUT2D eigenvalue weighted by molar-refractivity contribution is 6.33. The number of nitrogens with zero attached hydrogens (tertiary/aromatic N) is 3. The average Bonchev–Trinajstić information content (AvgIpc) is 2.65. The molecule has 0 aliphatic carbocycles. The Morgan fingerprint density at radius 1 is 1.14 bits per heavy atom. The molecule has 0 aliphatic rings. The first-order chi connectivity index (χ1) is 13.2. The first-order valence-electron chi connectivity index (χ1n) is 8.35. The van der Waals surface area contributed by atoms with Crippen molar-refractivity contribution in [3.8, 4) is 5.82 Å². The van der Waals surface area contributed by atoms with Crippen molar-refractivity contribution >= 4 is 23.0 Å². The highest BCUT2D eigenvalue weighted by Gasteiger charge is 2.30. The van der Waals surface area contributed by atoms with Crippen LogP contribution in [0.3, 0.4) is 0 Å². The molecule has 28 heavy (non-hydrogen) atoms. The lowest BCUT2D eigenvalue weighted by molar-refractivity contribution is -0.137. The lowest BCUT2D eigenvalue weighted by atomic mass is 10.0. The summed E-state index contributed by atoms with van der Waals surface area (Å²) in [5.41, 5.74) is 0.518. The predicted molar refractivity (Wildman–Crippen MR) is 101 cm³/mol. The molecule has 0 radical (unpaired) electrons. The van der Waals surface area contributed by atoms with Crippen molar-refractivity contribution in [2.24, 2.45) is 0 Å². The predicted octanol–water partition coefficient (Wildman–Crippen LogP) is 5.17. The summed E-state index contributed by atoms with van der Waals surface area (Å²) in [4.78, 5) is 16.2. The van der Waals surface area contributed by atoms with Crippen molar-refractivity contribution in [3.05, 3.63) is 75.3 Å². The second-order valence-corrected chi connectivity index (χ2v) is 6.78. The number of alkyl halides is 3. The van der Waals surface area contributed by atoms with Gasteiger partial charge in [0.05, 0.1) is 17.4 Å². The first kappa shape index (κ1) is 19.9. The van der Waals surface area contributed by atoms with Crippen LogP contribution in [-0.2, 0) is 6.18 Å². The Morgan fingerprint density at radius 2 is 1.89 bits per heavy atom. The summed E-state index contributed by atoms with van der Waals surface area (Å²) in [5.74, 6) is 0.266. The third-order valence-electron chi connectivity index (χ3n) is 4.04. The summed E-state index contributed by atoms with van der Waals surface area (Å²) in [5, 5.41) is 6.86. The van der Waals surface area contributed by atoms with Crippen LogP contribution in [0.2, 0.25) is 5.02 Å². The zero-order chi connectivity index (χ0) is 20.5. The summed E-state index contributed by atoms with van der Waals surface area (Å²) in [7, 11) is 0. The van der Waals surface area contributed by atoms with Gasteiger partial charge >= 0.3 is 6.18 Å². The third-order valence-corrected chi connectivity index (χ3v) is 4.41. The number of hydrogen-bond donors (Lipinski definition) is 1. The van der Waals surface area contributed by atoms with E-state index in [0.29, 0.717) is 12.1 Å². The van der Waals surface area contributed by atoms with Crippen molar-refractivity contribution in [1.29, 1.82) is 0 Å². The largest absolute Gasteiger partial charge is 0.417 e. The molecule has 146 valence electrons. The van der Waals surface area contributed by atoms with Gasteiger partial charge < -0.3 is 5.32 Å². The van der Waals surface area contributed by atoms with Crippen LogP contribution >= 0.6 is 11.6 Å². The molecule has 9 heteroatoms. The number of pyridine rings is 1. The normalized spacial score (nSPS) is 11.7. The number of nitrogens with one attached hydrogen (secondary N) is 1. The van der Waals surface area contributed by atoms with E-state index < -0.39 is 17.3 Å². The van der Waals surface area contributed by atoms with Crippen LogP contribution in [0.5, 0.6) is 0 Å². The molecule has 2 aromatic heterocycles. The van der Waals surface area contributed by atoms with Crippen LogP contribution in [-0.4, -0.2) is 14.8 Å². The molecule has 1 N–H and O–H groups in total. The highest BCUT2D eigenvalue weighted by Crippen LogP contribution is 2.29. The Labute approximate surface area is 163 Å². The van der Waals surface area contributed by atoms with Gasteiger partial charge in [-0.2, -0.15) is 23.0 Å². The second-order valence-electron chi connectivity index (χ2n) is 6.40. The molecule has 3 aromatic rings. The minimum absolute atomic E-state index is 0.0618. The molecule has 0 spiro atoms. The molecule has 0 bridgehead atoms. The van der Waals surface area contributed by atoms with E-state index in [9.17, 15) is 18.0 Å². The van der Waals surface area contributed by atoms with Gasteiger partial charge in [0.1, 0.15) is 5.02 Å². The first-order valence-corrected chi connectivity index (χ1v) is 8.73. The fourth-order valence-corrected chi connectivity index (χ4v) is 2.67. The molecule has 0 aliphatic heterocycles. The maximum atomic E-state index is 12.7. The van der Waals surface area contributed by atoms with E-state index in [4.69, 9.17) is 11.6 Å². The summed E-state index contributed by atoms with van der Waals surface area (Å²) in [6, 6.07) is 9.52. The lowest BCUT2D eigenvalue weighted by Gasteiger charge is -2.12. The molecule has 5 nitrogen and oxygen atoms in total. The van der Waals surface area contributed by atoms with Crippen LogP contribution in [0.25, 0.3) is 5.82 Å². The van der Waals surface area contributed by atoms with Crippen LogP contribution in [0.15, 0.2) is 53.6 Å². The zero-order valence-corrected chi connectivity index (χ0v) is 15.7. The Balaban J connectivity index is 1.91. The third kappa shape index (κ3) is 4.17. The van der Waals surface area contributed by atoms with Crippen molar-refractivity contribution in [2.45, 2.75) is 25.9 Å². The molecule has 3 rings (SSSR count). The van der Waals surface area contributed by atoms with Gasteiger partial charge in [0, 0.05) is 11.9 Å². The molecular weight excluding hydrogens is 393 g/mol. The van der Waals surface area contributed by atoms with Crippen molar-refractivity contribution in [1.82, 2.24) is 14.8 Å². The number of aromatic nitrogens is 3. The maximum absolute atomic E-state index is 12.7. The van der Waals surface area contributed by atoms with Gasteiger partial charge in [-0.1, -0.05) is 37.6 Å². The minimum atomic E-state index is -4.51. The van der Waals surface area contributed by atoms with Gasteiger partial charge in [0.15, 0.2) is 5.82 Å². The van der Waals surface area contributed by atoms with Gasteiger partial charge in [0.25, 0.3) is 5.56 Å². The van der Waals surface area contributed by atoms with Gasteiger partial charge in [0.2, 0.25) is 0 Å². The minimum Gasteiger partial charge on any atom is -0.353 e. The van der Waals surface area contributed by atoms with Crippen molar-refractivity contribution in [3.63, 3.8) is 0 Å². The topological polar surface area (TPSA) is 59.8 Å². The summed E-state index contributed by atoms with van der Waals surface area (Å²) < 4.78 is 38.8. The van der Waals surface area contributed by atoms with E-state index in [-0.39, 0.29) is 16.5 Å². The van der Waals surface area contributed by atoms with Gasteiger partial charge in [-0.25, -0.2) is 4.98 Å². The van der Waals surface area contributed by atoms with Crippen LogP contribution in [0.4, 0.5) is 24.5 Å². The molecule has 0 atom stereocenters. The molecule has 0 amide bonds. The quantitative estimate of drug-likeness (QED) is 0.647. The lowest BCUT2D eigenvalue weighted by Crippen LogP contribution is -2.23. The number of rotatable bonds is 4. The van der Waals surface area contributed by atoms with E-state index in [0.717, 1.165) is 28.1 Å². The van der Waals surface area contributed by atoms with E-state index in [1.807, 2.05) is 24.3 Å². The maximum Gasteiger partial charge on any atom is 0.417 e. The Kier molecular flexibility index (Phi) is 5.42. The Hall–Kier alpha value is -2.87. The molecule has 2 heterocycles. The van der Waals surface area contributed by atoms with E-state index >= 15 is 0 Å². The van der Waals surface area contributed by atoms with Crippen LogP contribution in [0, 0.1) is 0 Å². The fraction of sp³-hybridized carbons (Fsp3) is 0.211. The van der Waals surface area contributed by atoms with Gasteiger partial charge in [-0.3, -0.25) is 4.79 Å². The van der Waals surface area contributed by atoms with E-state index in [1.165, 1.54) is 6.20 Å². The van der Waals surface area contributed by atoms with Gasteiger partial charge in [-0.15, -0.1) is 0 Å².